The fourth-order valence-corrected chi connectivity index (χ4v) is 4.00. The number of carbonyl (C=O) groups is 1. The molecule has 0 spiro atoms. The predicted molar refractivity (Wildman–Crippen MR) is 79.6 cm³/mol. The molecule has 6 heteroatoms. The second-order valence-corrected chi connectivity index (χ2v) is 7.50. The van der Waals surface area contributed by atoms with Crippen LogP contribution in [0.25, 0.3) is 0 Å². The van der Waals surface area contributed by atoms with Gasteiger partial charge < -0.3 is 5.11 Å². The highest BCUT2D eigenvalue weighted by Crippen LogP contribution is 2.26. The molecule has 1 N–H and O–H groups in total. The van der Waals surface area contributed by atoms with Crippen molar-refractivity contribution < 1.29 is 18.3 Å². The van der Waals surface area contributed by atoms with Crippen molar-refractivity contribution in [2.75, 3.05) is 13.1 Å². The molecule has 1 aromatic rings. The van der Waals surface area contributed by atoms with Crippen LogP contribution in [-0.2, 0) is 14.8 Å². The molecule has 21 heavy (non-hydrogen) atoms. The van der Waals surface area contributed by atoms with E-state index in [4.69, 9.17) is 5.11 Å². The zero-order valence-electron chi connectivity index (χ0n) is 12.3. The Kier molecular flexibility index (Phi) is 4.68. The monoisotopic (exact) mass is 311 g/mol. The van der Waals surface area contributed by atoms with E-state index in [2.05, 4.69) is 13.8 Å². The maximum Gasteiger partial charge on any atom is 0.307 e. The van der Waals surface area contributed by atoms with Crippen LogP contribution >= 0.6 is 0 Å². The van der Waals surface area contributed by atoms with Gasteiger partial charge in [-0.1, -0.05) is 26.0 Å². The normalized spacial score (nSPS) is 21.3. The summed E-state index contributed by atoms with van der Waals surface area (Å²) in [6.07, 6.45) is 1.37. The van der Waals surface area contributed by atoms with Gasteiger partial charge in [-0.25, -0.2) is 8.42 Å². The number of rotatable bonds is 5. The summed E-state index contributed by atoms with van der Waals surface area (Å²) < 4.78 is 26.2. The van der Waals surface area contributed by atoms with Gasteiger partial charge in [-0.3, -0.25) is 4.79 Å². The van der Waals surface area contributed by atoms with Crippen molar-refractivity contribution in [2.24, 2.45) is 5.92 Å². The maximum atomic E-state index is 12.5. The molecule has 0 saturated carbocycles. The van der Waals surface area contributed by atoms with Gasteiger partial charge in [0.15, 0.2) is 0 Å². The van der Waals surface area contributed by atoms with Crippen molar-refractivity contribution in [2.45, 2.75) is 37.5 Å². The van der Waals surface area contributed by atoms with Crippen molar-refractivity contribution in [1.82, 2.24) is 4.31 Å². The van der Waals surface area contributed by atoms with Gasteiger partial charge in [0, 0.05) is 13.1 Å². The molecule has 0 bridgehead atoms. The third kappa shape index (κ3) is 3.27. The molecule has 2 atom stereocenters. The highest BCUT2D eigenvalue weighted by molar-refractivity contribution is 7.89. The summed E-state index contributed by atoms with van der Waals surface area (Å²) in [7, 11) is -3.58. The van der Waals surface area contributed by atoms with E-state index in [0.717, 1.165) is 12.0 Å². The third-order valence-corrected chi connectivity index (χ3v) is 6.08. The fourth-order valence-electron chi connectivity index (χ4n) is 2.50. The summed E-state index contributed by atoms with van der Waals surface area (Å²) >= 11 is 0. The summed E-state index contributed by atoms with van der Waals surface area (Å²) in [5.74, 6) is -1.14. The average Bonchev–Trinajstić information content (AvgIpc) is 2.97. The van der Waals surface area contributed by atoms with Crippen molar-refractivity contribution in [3.63, 3.8) is 0 Å². The lowest BCUT2D eigenvalue weighted by atomic mass is 9.99. The number of carboxylic acids is 1. The minimum Gasteiger partial charge on any atom is -0.481 e. The largest absolute Gasteiger partial charge is 0.481 e. The number of nitrogens with zero attached hydrogens (tertiary/aromatic N) is 1. The Bertz CT molecular complexity index is 609. The first kappa shape index (κ1) is 16.0. The summed E-state index contributed by atoms with van der Waals surface area (Å²) in [6, 6.07) is 6.91. The average molecular weight is 311 g/mol. The molecule has 2 unspecified atom stereocenters. The van der Waals surface area contributed by atoms with Gasteiger partial charge in [-0.05, 0) is 36.5 Å². The Labute approximate surface area is 125 Å². The van der Waals surface area contributed by atoms with Crippen LogP contribution in [0, 0.1) is 5.92 Å². The van der Waals surface area contributed by atoms with Crippen LogP contribution in [-0.4, -0.2) is 36.9 Å². The minimum absolute atomic E-state index is 0.0603. The number of hydrogen-bond donors (Lipinski definition) is 1. The quantitative estimate of drug-likeness (QED) is 0.905. The zero-order chi connectivity index (χ0) is 15.6. The maximum absolute atomic E-state index is 12.5. The van der Waals surface area contributed by atoms with E-state index < -0.39 is 21.9 Å². The van der Waals surface area contributed by atoms with Crippen molar-refractivity contribution in [3.05, 3.63) is 29.8 Å². The van der Waals surface area contributed by atoms with Gasteiger partial charge in [0.1, 0.15) is 0 Å². The molecule has 0 aromatic heterocycles. The summed E-state index contributed by atoms with van der Waals surface area (Å²) in [6.45, 7) is 4.52. The van der Waals surface area contributed by atoms with Crippen LogP contribution in [0.5, 0.6) is 0 Å². The second-order valence-electron chi connectivity index (χ2n) is 5.57. The SMILES string of the molecule is CCC(C)c1ccc(S(=O)(=O)N2CCC(C(=O)O)C2)cc1. The molecule has 5 nitrogen and oxygen atoms in total. The van der Waals surface area contributed by atoms with Gasteiger partial charge >= 0.3 is 5.97 Å². The standard InChI is InChI=1S/C15H21NO4S/c1-3-11(2)12-4-6-14(7-5-12)21(19,20)16-9-8-13(10-16)15(17)18/h4-7,11,13H,3,8-10H2,1-2H3,(H,17,18). The molecule has 1 saturated heterocycles. The number of carboxylic acid groups (broad SMARTS) is 1. The van der Waals surface area contributed by atoms with Crippen LogP contribution in [0.2, 0.25) is 0 Å². The van der Waals surface area contributed by atoms with E-state index in [9.17, 15) is 13.2 Å². The molecular formula is C15H21NO4S. The summed E-state index contributed by atoms with van der Waals surface area (Å²) in [5, 5.41) is 8.97. The molecular weight excluding hydrogens is 290 g/mol. The first-order valence-electron chi connectivity index (χ1n) is 7.19. The number of hydrogen-bond acceptors (Lipinski definition) is 3. The highest BCUT2D eigenvalue weighted by atomic mass is 32.2. The summed E-state index contributed by atoms with van der Waals surface area (Å²) in [4.78, 5) is 11.2. The van der Waals surface area contributed by atoms with E-state index in [1.165, 1.54) is 4.31 Å². The van der Waals surface area contributed by atoms with Crippen LogP contribution in [0.15, 0.2) is 29.2 Å². The van der Waals surface area contributed by atoms with E-state index in [0.29, 0.717) is 12.3 Å². The smallest absolute Gasteiger partial charge is 0.307 e. The van der Waals surface area contributed by atoms with E-state index >= 15 is 0 Å². The van der Waals surface area contributed by atoms with Crippen LogP contribution in [0.3, 0.4) is 0 Å². The lowest BCUT2D eigenvalue weighted by Crippen LogP contribution is -2.30. The molecule has 2 rings (SSSR count). The predicted octanol–water partition coefficient (Wildman–Crippen LogP) is 2.30. The molecule has 1 aliphatic heterocycles. The zero-order valence-corrected chi connectivity index (χ0v) is 13.1. The number of benzene rings is 1. The van der Waals surface area contributed by atoms with Gasteiger partial charge in [0.25, 0.3) is 0 Å². The Morgan fingerprint density at radius 3 is 2.48 bits per heavy atom. The molecule has 0 aliphatic carbocycles. The molecule has 1 heterocycles. The highest BCUT2D eigenvalue weighted by Gasteiger charge is 2.35. The topological polar surface area (TPSA) is 74.7 Å². The Morgan fingerprint density at radius 2 is 2.00 bits per heavy atom. The van der Waals surface area contributed by atoms with E-state index in [1.54, 1.807) is 12.1 Å². The molecule has 0 amide bonds. The number of aliphatic carboxylic acids is 1. The first-order valence-corrected chi connectivity index (χ1v) is 8.63. The van der Waals surface area contributed by atoms with Gasteiger partial charge in [-0.2, -0.15) is 4.31 Å². The minimum atomic E-state index is -3.58. The molecule has 0 radical (unpaired) electrons. The second kappa shape index (κ2) is 6.15. The van der Waals surface area contributed by atoms with Crippen LogP contribution in [0.4, 0.5) is 0 Å². The lowest BCUT2D eigenvalue weighted by Gasteiger charge is -2.17. The molecule has 1 aromatic carbocycles. The molecule has 1 aliphatic rings. The lowest BCUT2D eigenvalue weighted by molar-refractivity contribution is -0.141. The third-order valence-electron chi connectivity index (χ3n) is 4.20. The number of sulfonamides is 1. The van der Waals surface area contributed by atoms with Gasteiger partial charge in [-0.15, -0.1) is 0 Å². The van der Waals surface area contributed by atoms with Gasteiger partial charge in [0.2, 0.25) is 10.0 Å². The van der Waals surface area contributed by atoms with Crippen LogP contribution in [0.1, 0.15) is 38.2 Å². The van der Waals surface area contributed by atoms with Crippen molar-refractivity contribution >= 4 is 16.0 Å². The van der Waals surface area contributed by atoms with Gasteiger partial charge in [0.05, 0.1) is 10.8 Å². The fraction of sp³-hybridized carbons (Fsp3) is 0.533. The van der Waals surface area contributed by atoms with Crippen LogP contribution < -0.4 is 0 Å². The first-order chi connectivity index (χ1) is 9.86. The van der Waals surface area contributed by atoms with Crippen molar-refractivity contribution in [3.8, 4) is 0 Å². The Morgan fingerprint density at radius 1 is 1.38 bits per heavy atom. The van der Waals surface area contributed by atoms with E-state index in [1.807, 2.05) is 12.1 Å². The van der Waals surface area contributed by atoms with Crippen molar-refractivity contribution in [1.29, 1.82) is 0 Å². The van der Waals surface area contributed by atoms with E-state index in [-0.39, 0.29) is 18.0 Å². The molecule has 116 valence electrons. The Hall–Kier alpha value is -1.40. The Balaban J connectivity index is 2.19. The summed E-state index contributed by atoms with van der Waals surface area (Å²) in [5.41, 5.74) is 1.11. The molecule has 1 fully saturated rings.